The maximum atomic E-state index is 15.0. The SMILES string of the molecule is CCc1ncncc1C(C(=O)O)N1CC[C@@H](C(F)(F)CCCCCc2ccc3c(n2)NCCC3)C1. The van der Waals surface area contributed by atoms with E-state index in [-0.39, 0.29) is 19.4 Å². The fourth-order valence-electron chi connectivity index (χ4n) is 5.30. The van der Waals surface area contributed by atoms with E-state index in [2.05, 4.69) is 26.3 Å². The first-order valence-corrected chi connectivity index (χ1v) is 12.7. The van der Waals surface area contributed by atoms with Gasteiger partial charge in [0.2, 0.25) is 0 Å². The first-order chi connectivity index (χ1) is 16.9. The van der Waals surface area contributed by atoms with E-state index in [4.69, 9.17) is 0 Å². The summed E-state index contributed by atoms with van der Waals surface area (Å²) in [6, 6.07) is 3.18. The molecule has 2 aliphatic rings. The summed E-state index contributed by atoms with van der Waals surface area (Å²) in [4.78, 5) is 26.5. The Hall–Kier alpha value is -2.68. The summed E-state index contributed by atoms with van der Waals surface area (Å²) in [6.07, 6.45) is 8.53. The van der Waals surface area contributed by atoms with Gasteiger partial charge in [-0.05, 0) is 63.1 Å². The predicted octanol–water partition coefficient (Wildman–Crippen LogP) is 4.68. The molecule has 35 heavy (non-hydrogen) atoms. The number of rotatable bonds is 11. The fraction of sp³-hybridized carbons (Fsp3) is 0.615. The maximum Gasteiger partial charge on any atom is 0.325 e. The molecule has 1 unspecified atom stereocenters. The molecule has 4 rings (SSSR count). The Labute approximate surface area is 205 Å². The van der Waals surface area contributed by atoms with Crippen molar-refractivity contribution in [2.45, 2.75) is 76.7 Å². The number of fused-ring (bicyclic) bond motifs is 1. The number of aryl methyl sites for hydroxylation is 3. The lowest BCUT2D eigenvalue weighted by molar-refractivity contribution is -0.143. The van der Waals surface area contributed by atoms with Crippen LogP contribution < -0.4 is 5.32 Å². The summed E-state index contributed by atoms with van der Waals surface area (Å²) in [6.45, 7) is 3.23. The number of likely N-dealkylation sites (tertiary alicyclic amines) is 1. The van der Waals surface area contributed by atoms with Crippen LogP contribution in [0, 0.1) is 5.92 Å². The Bertz CT molecular complexity index is 1020. The number of unbranched alkanes of at least 4 members (excludes halogenated alkanes) is 2. The second kappa shape index (κ2) is 11.4. The van der Waals surface area contributed by atoms with Crippen molar-refractivity contribution in [1.82, 2.24) is 19.9 Å². The highest BCUT2D eigenvalue weighted by atomic mass is 19.3. The van der Waals surface area contributed by atoms with E-state index in [1.54, 1.807) is 4.90 Å². The molecule has 2 aliphatic heterocycles. The quantitative estimate of drug-likeness (QED) is 0.445. The lowest BCUT2D eigenvalue weighted by Gasteiger charge is -2.27. The van der Waals surface area contributed by atoms with Gasteiger partial charge in [-0.25, -0.2) is 23.7 Å². The van der Waals surface area contributed by atoms with E-state index in [1.165, 1.54) is 18.1 Å². The number of aromatic nitrogens is 3. The molecule has 1 fully saturated rings. The van der Waals surface area contributed by atoms with Crippen LogP contribution in [0.4, 0.5) is 14.6 Å². The molecule has 2 N–H and O–H groups in total. The summed E-state index contributed by atoms with van der Waals surface area (Å²) in [5.74, 6) is -3.73. The summed E-state index contributed by atoms with van der Waals surface area (Å²) in [7, 11) is 0. The van der Waals surface area contributed by atoms with E-state index in [9.17, 15) is 9.90 Å². The highest BCUT2D eigenvalue weighted by Gasteiger charge is 2.45. The number of anilines is 1. The largest absolute Gasteiger partial charge is 0.480 e. The van der Waals surface area contributed by atoms with Crippen LogP contribution in [0.2, 0.25) is 0 Å². The van der Waals surface area contributed by atoms with Crippen molar-refractivity contribution < 1.29 is 18.7 Å². The Kier molecular flexibility index (Phi) is 8.26. The predicted molar refractivity (Wildman–Crippen MR) is 130 cm³/mol. The molecule has 0 saturated carbocycles. The number of carboxylic acids is 1. The second-order valence-corrected chi connectivity index (χ2v) is 9.66. The molecule has 2 atom stereocenters. The number of alkyl halides is 2. The zero-order valence-corrected chi connectivity index (χ0v) is 20.3. The van der Waals surface area contributed by atoms with E-state index >= 15 is 8.78 Å². The Morgan fingerprint density at radius 1 is 1.31 bits per heavy atom. The first-order valence-electron chi connectivity index (χ1n) is 12.7. The average molecular weight is 488 g/mol. The third-order valence-electron chi connectivity index (χ3n) is 7.27. The molecule has 2 aromatic heterocycles. The number of nitrogens with one attached hydrogen (secondary N) is 1. The summed E-state index contributed by atoms with van der Waals surface area (Å²) < 4.78 is 30.1. The van der Waals surface area contributed by atoms with Crippen LogP contribution in [0.1, 0.15) is 74.0 Å². The second-order valence-electron chi connectivity index (χ2n) is 9.66. The monoisotopic (exact) mass is 487 g/mol. The molecule has 0 aliphatic carbocycles. The molecule has 7 nitrogen and oxygen atoms in total. The topological polar surface area (TPSA) is 91.2 Å². The molecular formula is C26H35F2N5O2. The minimum atomic E-state index is -2.81. The first kappa shape index (κ1) is 25.4. The number of pyridine rings is 1. The van der Waals surface area contributed by atoms with E-state index < -0.39 is 23.9 Å². The number of nitrogens with zero attached hydrogens (tertiary/aromatic N) is 4. The highest BCUT2D eigenvalue weighted by Crippen LogP contribution is 2.39. The van der Waals surface area contributed by atoms with Gasteiger partial charge in [0.05, 0.1) is 0 Å². The number of carboxylic acid groups (broad SMARTS) is 1. The number of carbonyl (C=O) groups is 1. The molecule has 4 heterocycles. The van der Waals surface area contributed by atoms with Gasteiger partial charge in [-0.2, -0.15) is 0 Å². The smallest absolute Gasteiger partial charge is 0.325 e. The van der Waals surface area contributed by atoms with Crippen LogP contribution in [-0.2, 0) is 24.1 Å². The van der Waals surface area contributed by atoms with Crippen molar-refractivity contribution in [1.29, 1.82) is 0 Å². The van der Waals surface area contributed by atoms with Crippen LogP contribution >= 0.6 is 0 Å². The zero-order chi connectivity index (χ0) is 24.8. The van der Waals surface area contributed by atoms with Crippen LogP contribution in [0.3, 0.4) is 0 Å². The molecule has 0 radical (unpaired) electrons. The van der Waals surface area contributed by atoms with Gasteiger partial charge in [-0.15, -0.1) is 0 Å². The van der Waals surface area contributed by atoms with Crippen LogP contribution in [0.25, 0.3) is 0 Å². The van der Waals surface area contributed by atoms with Gasteiger partial charge in [0.25, 0.3) is 5.92 Å². The van der Waals surface area contributed by atoms with Crippen molar-refractivity contribution >= 4 is 11.8 Å². The van der Waals surface area contributed by atoms with Crippen molar-refractivity contribution in [2.75, 3.05) is 25.0 Å². The summed E-state index contributed by atoms with van der Waals surface area (Å²) in [5.41, 5.74) is 3.40. The van der Waals surface area contributed by atoms with E-state index in [1.807, 2.05) is 13.0 Å². The number of hydrogen-bond acceptors (Lipinski definition) is 6. The Morgan fingerprint density at radius 3 is 2.97 bits per heavy atom. The fourth-order valence-corrected chi connectivity index (χ4v) is 5.30. The van der Waals surface area contributed by atoms with Crippen LogP contribution in [0.15, 0.2) is 24.7 Å². The molecule has 2 aromatic rings. The molecule has 0 amide bonds. The number of halogens is 2. The van der Waals surface area contributed by atoms with Gasteiger partial charge >= 0.3 is 5.97 Å². The van der Waals surface area contributed by atoms with Gasteiger partial charge in [0, 0.05) is 48.6 Å². The van der Waals surface area contributed by atoms with Gasteiger partial charge < -0.3 is 10.4 Å². The summed E-state index contributed by atoms with van der Waals surface area (Å²) >= 11 is 0. The number of aliphatic carboxylic acids is 1. The van der Waals surface area contributed by atoms with Crippen molar-refractivity contribution in [3.63, 3.8) is 0 Å². The lowest BCUT2D eigenvalue weighted by atomic mass is 9.95. The molecule has 190 valence electrons. The van der Waals surface area contributed by atoms with Gasteiger partial charge in [-0.1, -0.05) is 19.4 Å². The van der Waals surface area contributed by atoms with Crippen LogP contribution in [-0.4, -0.2) is 56.5 Å². The standard InChI is InChI=1S/C26H35F2N5O2/c1-2-22-21(15-29-17-31-22)23(25(34)35)33-14-11-19(16-33)26(27,28)12-5-3-4-8-20-10-9-18-7-6-13-30-24(18)32-20/h9-10,15,17,19,23H,2-8,11-14,16H2,1H3,(H,30,32)(H,34,35)/t19-,23?/m1/s1. The third kappa shape index (κ3) is 6.12. The molecule has 0 bridgehead atoms. The molecular weight excluding hydrogens is 452 g/mol. The molecule has 0 aromatic carbocycles. The zero-order valence-electron chi connectivity index (χ0n) is 20.3. The maximum absolute atomic E-state index is 15.0. The Balaban J connectivity index is 1.26. The van der Waals surface area contributed by atoms with E-state index in [0.717, 1.165) is 50.2 Å². The minimum absolute atomic E-state index is 0.0636. The minimum Gasteiger partial charge on any atom is -0.480 e. The lowest BCUT2D eigenvalue weighted by Crippen LogP contribution is -2.36. The molecule has 9 heteroatoms. The van der Waals surface area contributed by atoms with Gasteiger partial charge in [0.1, 0.15) is 18.2 Å². The van der Waals surface area contributed by atoms with Gasteiger partial charge in [-0.3, -0.25) is 9.69 Å². The normalized spacial score (nSPS) is 19.2. The van der Waals surface area contributed by atoms with Crippen molar-refractivity contribution in [2.24, 2.45) is 5.92 Å². The van der Waals surface area contributed by atoms with Crippen molar-refractivity contribution in [3.8, 4) is 0 Å². The summed E-state index contributed by atoms with van der Waals surface area (Å²) in [5, 5.41) is 13.2. The molecule has 1 saturated heterocycles. The Morgan fingerprint density at radius 2 is 2.17 bits per heavy atom. The molecule has 0 spiro atoms. The average Bonchev–Trinajstić information content (AvgIpc) is 3.34. The third-order valence-corrected chi connectivity index (χ3v) is 7.27. The van der Waals surface area contributed by atoms with E-state index in [0.29, 0.717) is 30.6 Å². The number of hydrogen-bond donors (Lipinski definition) is 2. The van der Waals surface area contributed by atoms with Crippen molar-refractivity contribution in [3.05, 3.63) is 47.2 Å². The van der Waals surface area contributed by atoms with Gasteiger partial charge in [0.15, 0.2) is 0 Å². The highest BCUT2D eigenvalue weighted by molar-refractivity contribution is 5.75. The van der Waals surface area contributed by atoms with Crippen LogP contribution in [0.5, 0.6) is 0 Å².